The smallest absolute Gasteiger partial charge is 0.306 e. The number of amides is 1. The van der Waals surface area contributed by atoms with Crippen molar-refractivity contribution in [1.29, 1.82) is 0 Å². The second-order valence-corrected chi connectivity index (χ2v) is 6.38. The Morgan fingerprint density at radius 2 is 2.00 bits per heavy atom. The summed E-state index contributed by atoms with van der Waals surface area (Å²) < 4.78 is 1.68. The summed E-state index contributed by atoms with van der Waals surface area (Å²) in [5, 5.41) is 14.0. The minimum atomic E-state index is -0.785. The molecule has 2 heterocycles. The summed E-state index contributed by atoms with van der Waals surface area (Å²) in [7, 11) is 0. The molecule has 1 fully saturated rings. The Bertz CT molecular complexity index is 779. The Hall–Kier alpha value is -2.34. The lowest BCUT2D eigenvalue weighted by molar-refractivity contribution is -0.143. The number of hydrogen-bond donors (Lipinski definition) is 1. The van der Waals surface area contributed by atoms with Crippen LogP contribution in [0.1, 0.15) is 28.9 Å². The minimum Gasteiger partial charge on any atom is -0.481 e. The summed E-state index contributed by atoms with van der Waals surface area (Å²) in [6.07, 6.45) is 2.53. The molecule has 3 rings (SSSR count). The average Bonchev–Trinajstić information content (AvgIpc) is 2.96. The molecular formula is C17H18ClN3O3. The normalized spacial score (nSPS) is 15.5. The van der Waals surface area contributed by atoms with Gasteiger partial charge in [-0.1, -0.05) is 17.7 Å². The monoisotopic (exact) mass is 347 g/mol. The van der Waals surface area contributed by atoms with E-state index in [1.807, 2.05) is 19.1 Å². The summed E-state index contributed by atoms with van der Waals surface area (Å²) in [4.78, 5) is 25.4. The third kappa shape index (κ3) is 3.14. The molecule has 0 atom stereocenters. The van der Waals surface area contributed by atoms with E-state index < -0.39 is 5.97 Å². The van der Waals surface area contributed by atoms with Crippen LogP contribution in [0.3, 0.4) is 0 Å². The standard InChI is InChI=1S/C17H18ClN3O3/c1-11-15(10-19-21(11)14-4-2-3-13(18)9-14)16(22)20-7-5-12(6-8-20)17(23)24/h2-4,9-10,12H,5-8H2,1H3,(H,23,24). The molecule has 2 aromatic rings. The zero-order valence-electron chi connectivity index (χ0n) is 13.3. The van der Waals surface area contributed by atoms with Crippen molar-refractivity contribution in [3.05, 3.63) is 46.7 Å². The van der Waals surface area contributed by atoms with Crippen LogP contribution in [0.15, 0.2) is 30.5 Å². The number of piperidine rings is 1. The predicted octanol–water partition coefficient (Wildman–Crippen LogP) is 2.77. The number of nitrogens with zero attached hydrogens (tertiary/aromatic N) is 3. The SMILES string of the molecule is Cc1c(C(=O)N2CCC(C(=O)O)CC2)cnn1-c1cccc(Cl)c1. The summed E-state index contributed by atoms with van der Waals surface area (Å²) in [6.45, 7) is 2.75. The molecule has 1 N–H and O–H groups in total. The van der Waals surface area contributed by atoms with E-state index >= 15 is 0 Å². The Morgan fingerprint density at radius 3 is 2.62 bits per heavy atom. The van der Waals surface area contributed by atoms with E-state index in [1.54, 1.807) is 27.9 Å². The highest BCUT2D eigenvalue weighted by Crippen LogP contribution is 2.22. The largest absolute Gasteiger partial charge is 0.481 e. The highest BCUT2D eigenvalue weighted by molar-refractivity contribution is 6.30. The zero-order chi connectivity index (χ0) is 17.3. The quantitative estimate of drug-likeness (QED) is 0.926. The molecule has 0 saturated carbocycles. The second kappa shape index (κ2) is 6.65. The molecule has 1 saturated heterocycles. The van der Waals surface area contributed by atoms with Crippen molar-refractivity contribution in [2.24, 2.45) is 5.92 Å². The topological polar surface area (TPSA) is 75.4 Å². The number of rotatable bonds is 3. The van der Waals surface area contributed by atoms with Crippen molar-refractivity contribution >= 4 is 23.5 Å². The van der Waals surface area contributed by atoms with Gasteiger partial charge in [0.15, 0.2) is 0 Å². The lowest BCUT2D eigenvalue weighted by atomic mass is 9.96. The number of halogens is 1. The number of carboxylic acids is 1. The molecule has 0 unspecified atom stereocenters. The number of aromatic nitrogens is 2. The Morgan fingerprint density at radius 1 is 1.29 bits per heavy atom. The number of carbonyl (C=O) groups excluding carboxylic acids is 1. The van der Waals surface area contributed by atoms with Crippen LogP contribution in [0, 0.1) is 12.8 Å². The molecule has 1 aromatic heterocycles. The molecule has 0 radical (unpaired) electrons. The van der Waals surface area contributed by atoms with Crippen molar-refractivity contribution in [3.63, 3.8) is 0 Å². The first-order valence-corrected chi connectivity index (χ1v) is 8.18. The Labute approximate surface area is 144 Å². The second-order valence-electron chi connectivity index (χ2n) is 5.94. The average molecular weight is 348 g/mol. The molecule has 1 amide bonds. The van der Waals surface area contributed by atoms with Gasteiger partial charge in [0.2, 0.25) is 0 Å². The Balaban J connectivity index is 1.79. The fourth-order valence-electron chi connectivity index (χ4n) is 2.99. The summed E-state index contributed by atoms with van der Waals surface area (Å²) in [6, 6.07) is 7.27. The van der Waals surface area contributed by atoms with E-state index in [2.05, 4.69) is 5.10 Å². The lowest BCUT2D eigenvalue weighted by Crippen LogP contribution is -2.40. The van der Waals surface area contributed by atoms with Crippen molar-refractivity contribution < 1.29 is 14.7 Å². The fourth-order valence-corrected chi connectivity index (χ4v) is 3.17. The first-order chi connectivity index (χ1) is 11.5. The van der Waals surface area contributed by atoms with Gasteiger partial charge in [0.05, 0.1) is 29.1 Å². The van der Waals surface area contributed by atoms with Gasteiger partial charge in [-0.25, -0.2) is 4.68 Å². The van der Waals surface area contributed by atoms with Gasteiger partial charge < -0.3 is 10.0 Å². The van der Waals surface area contributed by atoms with Crippen LogP contribution >= 0.6 is 11.6 Å². The highest BCUT2D eigenvalue weighted by Gasteiger charge is 2.29. The van der Waals surface area contributed by atoms with Crippen LogP contribution < -0.4 is 0 Å². The van der Waals surface area contributed by atoms with Crippen LogP contribution in [0.4, 0.5) is 0 Å². The summed E-state index contributed by atoms with van der Waals surface area (Å²) in [5.41, 5.74) is 2.06. The maximum absolute atomic E-state index is 12.7. The van der Waals surface area contributed by atoms with E-state index in [1.165, 1.54) is 0 Å². The van der Waals surface area contributed by atoms with Crippen LogP contribution in [0.5, 0.6) is 0 Å². The highest BCUT2D eigenvalue weighted by atomic mass is 35.5. The first-order valence-electron chi connectivity index (χ1n) is 7.80. The summed E-state index contributed by atoms with van der Waals surface area (Å²) >= 11 is 6.01. The van der Waals surface area contributed by atoms with Gasteiger partial charge in [-0.3, -0.25) is 9.59 Å². The summed E-state index contributed by atoms with van der Waals surface area (Å²) in [5.74, 6) is -1.25. The van der Waals surface area contributed by atoms with Gasteiger partial charge in [0, 0.05) is 18.1 Å². The van der Waals surface area contributed by atoms with Crippen molar-refractivity contribution in [2.45, 2.75) is 19.8 Å². The number of carboxylic acid groups (broad SMARTS) is 1. The van der Waals surface area contributed by atoms with E-state index in [4.69, 9.17) is 16.7 Å². The minimum absolute atomic E-state index is 0.107. The van der Waals surface area contributed by atoms with Crippen molar-refractivity contribution in [3.8, 4) is 5.69 Å². The van der Waals surface area contributed by atoms with E-state index in [9.17, 15) is 9.59 Å². The van der Waals surface area contributed by atoms with Gasteiger partial charge in [-0.2, -0.15) is 5.10 Å². The lowest BCUT2D eigenvalue weighted by Gasteiger charge is -2.30. The molecule has 0 aliphatic carbocycles. The Kier molecular flexibility index (Phi) is 4.57. The number of likely N-dealkylation sites (tertiary alicyclic amines) is 1. The van der Waals surface area contributed by atoms with E-state index in [0.29, 0.717) is 36.5 Å². The zero-order valence-corrected chi connectivity index (χ0v) is 14.0. The molecule has 0 spiro atoms. The van der Waals surface area contributed by atoms with Crippen LogP contribution in [-0.4, -0.2) is 44.8 Å². The molecule has 24 heavy (non-hydrogen) atoms. The van der Waals surface area contributed by atoms with Crippen molar-refractivity contribution in [2.75, 3.05) is 13.1 Å². The van der Waals surface area contributed by atoms with Gasteiger partial charge in [-0.05, 0) is 38.0 Å². The molecule has 1 aliphatic rings. The molecule has 1 aromatic carbocycles. The number of hydrogen-bond acceptors (Lipinski definition) is 3. The third-order valence-corrected chi connectivity index (χ3v) is 4.66. The van der Waals surface area contributed by atoms with Gasteiger partial charge in [-0.15, -0.1) is 0 Å². The fraction of sp³-hybridized carbons (Fsp3) is 0.353. The molecular weight excluding hydrogens is 330 g/mol. The maximum atomic E-state index is 12.7. The van der Waals surface area contributed by atoms with Gasteiger partial charge in [0.25, 0.3) is 5.91 Å². The van der Waals surface area contributed by atoms with Gasteiger partial charge >= 0.3 is 5.97 Å². The third-order valence-electron chi connectivity index (χ3n) is 4.42. The molecule has 6 nitrogen and oxygen atoms in total. The first kappa shape index (κ1) is 16.5. The van der Waals surface area contributed by atoms with E-state index in [-0.39, 0.29) is 11.8 Å². The molecule has 126 valence electrons. The van der Waals surface area contributed by atoms with Crippen LogP contribution in [0.25, 0.3) is 5.69 Å². The number of carbonyl (C=O) groups is 2. The molecule has 1 aliphatic heterocycles. The number of aliphatic carboxylic acids is 1. The predicted molar refractivity (Wildman–Crippen MR) is 89.6 cm³/mol. The molecule has 0 bridgehead atoms. The van der Waals surface area contributed by atoms with Crippen LogP contribution in [0.2, 0.25) is 5.02 Å². The van der Waals surface area contributed by atoms with E-state index in [0.717, 1.165) is 11.4 Å². The van der Waals surface area contributed by atoms with Crippen molar-refractivity contribution in [1.82, 2.24) is 14.7 Å². The van der Waals surface area contributed by atoms with Gasteiger partial charge in [0.1, 0.15) is 0 Å². The molecule has 7 heteroatoms. The number of benzene rings is 1. The maximum Gasteiger partial charge on any atom is 0.306 e. The van der Waals surface area contributed by atoms with Crippen LogP contribution in [-0.2, 0) is 4.79 Å².